The van der Waals surface area contributed by atoms with E-state index >= 15 is 0 Å². The fourth-order valence-corrected chi connectivity index (χ4v) is 4.52. The van der Waals surface area contributed by atoms with Crippen molar-refractivity contribution >= 4 is 15.5 Å². The van der Waals surface area contributed by atoms with Crippen LogP contribution in [-0.4, -0.2) is 18.6 Å². The Morgan fingerprint density at radius 1 is 1.20 bits per heavy atom. The average Bonchev–Trinajstić information content (AvgIpc) is 2.47. The molecule has 2 unspecified atom stereocenters. The van der Waals surface area contributed by atoms with Crippen molar-refractivity contribution in [1.82, 2.24) is 0 Å². The molecule has 1 aliphatic carbocycles. The van der Waals surface area contributed by atoms with Gasteiger partial charge in [0.25, 0.3) is 5.69 Å². The number of benzene rings is 1. The molecular formula is C13H14N2O4S. The summed E-state index contributed by atoms with van der Waals surface area (Å²) in [6.45, 7) is 0. The molecule has 1 aromatic rings. The van der Waals surface area contributed by atoms with Crippen molar-refractivity contribution in [2.75, 3.05) is 0 Å². The van der Waals surface area contributed by atoms with Crippen LogP contribution in [-0.2, 0) is 9.84 Å². The second kappa shape index (κ2) is 5.59. The summed E-state index contributed by atoms with van der Waals surface area (Å²) >= 11 is 0. The van der Waals surface area contributed by atoms with Crippen LogP contribution in [0.3, 0.4) is 0 Å². The zero-order chi connectivity index (χ0) is 14.8. The summed E-state index contributed by atoms with van der Waals surface area (Å²) in [4.78, 5) is 10.1. The second-order valence-corrected chi connectivity index (χ2v) is 7.02. The van der Waals surface area contributed by atoms with Crippen molar-refractivity contribution in [3.8, 4) is 6.07 Å². The molecule has 1 aromatic carbocycles. The van der Waals surface area contributed by atoms with Gasteiger partial charge in [0.1, 0.15) is 0 Å². The van der Waals surface area contributed by atoms with Gasteiger partial charge >= 0.3 is 0 Å². The third kappa shape index (κ3) is 2.65. The van der Waals surface area contributed by atoms with E-state index < -0.39 is 25.9 Å². The molecule has 0 aromatic heterocycles. The van der Waals surface area contributed by atoms with Crippen LogP contribution in [0.5, 0.6) is 0 Å². The number of hydrogen-bond donors (Lipinski definition) is 0. The van der Waals surface area contributed by atoms with Gasteiger partial charge in [-0.2, -0.15) is 5.26 Å². The maximum absolute atomic E-state index is 12.5. The van der Waals surface area contributed by atoms with Gasteiger partial charge in [-0.3, -0.25) is 10.1 Å². The van der Waals surface area contributed by atoms with E-state index in [1.54, 1.807) is 0 Å². The van der Waals surface area contributed by atoms with Gasteiger partial charge in [-0.25, -0.2) is 8.42 Å². The van der Waals surface area contributed by atoms with Crippen LogP contribution in [0.25, 0.3) is 0 Å². The Morgan fingerprint density at radius 3 is 2.35 bits per heavy atom. The predicted octanol–water partition coefficient (Wildman–Crippen LogP) is 2.45. The van der Waals surface area contributed by atoms with E-state index in [2.05, 4.69) is 6.07 Å². The summed E-state index contributed by atoms with van der Waals surface area (Å²) in [7, 11) is -3.61. The number of sulfone groups is 1. The highest BCUT2D eigenvalue weighted by Crippen LogP contribution is 2.33. The minimum Gasteiger partial charge on any atom is -0.258 e. The summed E-state index contributed by atoms with van der Waals surface area (Å²) < 4.78 is 25.0. The van der Waals surface area contributed by atoms with Crippen LogP contribution in [0.15, 0.2) is 29.2 Å². The first-order valence-corrected chi connectivity index (χ1v) is 7.89. The van der Waals surface area contributed by atoms with Gasteiger partial charge in [0.2, 0.25) is 0 Å². The molecule has 6 nitrogen and oxygen atoms in total. The molecule has 0 bridgehead atoms. The van der Waals surface area contributed by atoms with Gasteiger partial charge in [0.05, 0.1) is 27.1 Å². The van der Waals surface area contributed by atoms with E-state index in [0.717, 1.165) is 12.8 Å². The lowest BCUT2D eigenvalue weighted by Gasteiger charge is -2.26. The normalized spacial score (nSPS) is 22.9. The lowest BCUT2D eigenvalue weighted by Crippen LogP contribution is -2.32. The molecule has 1 saturated carbocycles. The zero-order valence-electron chi connectivity index (χ0n) is 10.7. The van der Waals surface area contributed by atoms with E-state index in [4.69, 9.17) is 5.26 Å². The Kier molecular flexibility index (Phi) is 4.04. The first kappa shape index (κ1) is 14.5. The van der Waals surface area contributed by atoms with Crippen LogP contribution in [0.4, 0.5) is 5.69 Å². The minimum absolute atomic E-state index is 0.0512. The second-order valence-electron chi connectivity index (χ2n) is 4.85. The van der Waals surface area contributed by atoms with Crippen molar-refractivity contribution < 1.29 is 13.3 Å². The first-order chi connectivity index (χ1) is 9.46. The lowest BCUT2D eigenvalue weighted by molar-refractivity contribution is -0.384. The van der Waals surface area contributed by atoms with Gasteiger partial charge < -0.3 is 0 Å². The molecule has 20 heavy (non-hydrogen) atoms. The Hall–Kier alpha value is -1.94. The van der Waals surface area contributed by atoms with E-state index in [0.29, 0.717) is 12.8 Å². The van der Waals surface area contributed by atoms with E-state index in [9.17, 15) is 18.5 Å². The van der Waals surface area contributed by atoms with Gasteiger partial charge in [-0.15, -0.1) is 0 Å². The number of nitrogens with zero attached hydrogens (tertiary/aromatic N) is 2. The maximum Gasteiger partial charge on any atom is 0.269 e. The highest BCUT2D eigenvalue weighted by atomic mass is 32.2. The van der Waals surface area contributed by atoms with E-state index in [1.165, 1.54) is 24.3 Å². The summed E-state index contributed by atoms with van der Waals surface area (Å²) in [6, 6.07) is 6.92. The Balaban J connectivity index is 2.34. The van der Waals surface area contributed by atoms with Crippen molar-refractivity contribution in [2.45, 2.75) is 35.8 Å². The molecule has 0 aliphatic heterocycles. The van der Waals surface area contributed by atoms with Crippen molar-refractivity contribution in [3.63, 3.8) is 0 Å². The summed E-state index contributed by atoms with van der Waals surface area (Å²) in [6.07, 6.45) is 2.71. The molecule has 0 spiro atoms. The standard InChI is InChI=1S/C13H14N2O4S/c14-9-10-3-1-2-4-13(10)20(18,19)12-7-5-11(6-8-12)15(16)17/h5-8,10,13H,1-4H2. The number of nitro benzene ring substituents is 1. The number of nitro groups is 1. The van der Waals surface area contributed by atoms with Gasteiger partial charge in [-0.1, -0.05) is 12.8 Å². The van der Waals surface area contributed by atoms with Crippen LogP contribution in [0, 0.1) is 27.4 Å². The minimum atomic E-state index is -3.61. The molecule has 0 radical (unpaired) electrons. The van der Waals surface area contributed by atoms with Crippen molar-refractivity contribution in [3.05, 3.63) is 34.4 Å². The Labute approximate surface area is 117 Å². The Bertz CT molecular complexity index is 646. The summed E-state index contributed by atoms with van der Waals surface area (Å²) in [5.74, 6) is -0.496. The predicted molar refractivity (Wildman–Crippen MR) is 71.6 cm³/mol. The number of non-ortho nitro benzene ring substituents is 1. The zero-order valence-corrected chi connectivity index (χ0v) is 11.5. The fraction of sp³-hybridized carbons (Fsp3) is 0.462. The lowest BCUT2D eigenvalue weighted by atomic mass is 9.90. The van der Waals surface area contributed by atoms with Crippen LogP contribution < -0.4 is 0 Å². The molecule has 2 atom stereocenters. The molecular weight excluding hydrogens is 280 g/mol. The van der Waals surface area contributed by atoms with E-state index in [-0.39, 0.29) is 10.6 Å². The van der Waals surface area contributed by atoms with Crippen LogP contribution in [0.2, 0.25) is 0 Å². The molecule has 2 rings (SSSR count). The number of hydrogen-bond acceptors (Lipinski definition) is 5. The molecule has 0 N–H and O–H groups in total. The average molecular weight is 294 g/mol. The number of nitriles is 1. The molecule has 106 valence electrons. The van der Waals surface area contributed by atoms with Crippen molar-refractivity contribution in [2.24, 2.45) is 5.92 Å². The van der Waals surface area contributed by atoms with Gasteiger partial charge in [-0.05, 0) is 25.0 Å². The highest BCUT2D eigenvalue weighted by molar-refractivity contribution is 7.92. The van der Waals surface area contributed by atoms with Crippen LogP contribution in [0.1, 0.15) is 25.7 Å². The topological polar surface area (TPSA) is 101 Å². The molecule has 1 aliphatic rings. The van der Waals surface area contributed by atoms with Crippen molar-refractivity contribution in [1.29, 1.82) is 5.26 Å². The molecule has 7 heteroatoms. The van der Waals surface area contributed by atoms with Gasteiger partial charge in [0, 0.05) is 12.1 Å². The SMILES string of the molecule is N#CC1CCCCC1S(=O)(=O)c1ccc([N+](=O)[O-])cc1. The third-order valence-electron chi connectivity index (χ3n) is 3.64. The number of rotatable bonds is 3. The van der Waals surface area contributed by atoms with Gasteiger partial charge in [0.15, 0.2) is 9.84 Å². The summed E-state index contributed by atoms with van der Waals surface area (Å²) in [5, 5.41) is 19.0. The maximum atomic E-state index is 12.5. The highest BCUT2D eigenvalue weighted by Gasteiger charge is 2.36. The first-order valence-electron chi connectivity index (χ1n) is 6.35. The smallest absolute Gasteiger partial charge is 0.258 e. The monoisotopic (exact) mass is 294 g/mol. The third-order valence-corrected chi connectivity index (χ3v) is 5.93. The fourth-order valence-electron chi connectivity index (χ4n) is 2.55. The Morgan fingerprint density at radius 2 is 1.80 bits per heavy atom. The van der Waals surface area contributed by atoms with E-state index in [1.807, 2.05) is 0 Å². The molecule has 0 heterocycles. The largest absolute Gasteiger partial charge is 0.269 e. The molecule has 1 fully saturated rings. The quantitative estimate of drug-likeness (QED) is 0.629. The van der Waals surface area contributed by atoms with Crippen LogP contribution >= 0.6 is 0 Å². The molecule has 0 saturated heterocycles. The summed E-state index contributed by atoms with van der Waals surface area (Å²) in [5.41, 5.74) is -0.149. The molecule has 0 amide bonds.